The van der Waals surface area contributed by atoms with Crippen LogP contribution in [0.4, 0.5) is 0 Å². The highest BCUT2D eigenvalue weighted by atomic mass is 16.4. The summed E-state index contributed by atoms with van der Waals surface area (Å²) in [6.45, 7) is 0.157. The molecule has 0 bridgehead atoms. The minimum atomic E-state index is -0.552. The number of carbonyl (C=O) groups excluding carboxylic acids is 1. The molecule has 0 saturated heterocycles. The van der Waals surface area contributed by atoms with E-state index >= 15 is 0 Å². The topological polar surface area (TPSA) is 128 Å². The molecular formula is C10H13N3O4. The van der Waals surface area contributed by atoms with E-state index in [-0.39, 0.29) is 35.9 Å². The minimum absolute atomic E-state index is 0.00886. The molecule has 0 radical (unpaired) electrons. The van der Waals surface area contributed by atoms with E-state index in [1.807, 2.05) is 0 Å². The van der Waals surface area contributed by atoms with E-state index < -0.39 is 5.91 Å². The monoisotopic (exact) mass is 239 g/mol. The van der Waals surface area contributed by atoms with Crippen molar-refractivity contribution in [2.45, 2.75) is 6.42 Å². The molecule has 0 aromatic heterocycles. The lowest BCUT2D eigenvalue weighted by Gasteiger charge is -2.06. The van der Waals surface area contributed by atoms with Crippen molar-refractivity contribution < 1.29 is 20.2 Å². The third-order valence-electron chi connectivity index (χ3n) is 2.02. The van der Waals surface area contributed by atoms with Crippen molar-refractivity contribution in [3.8, 4) is 11.5 Å². The number of hydrogen-bond donors (Lipinski definition) is 5. The molecule has 0 aliphatic heterocycles. The third kappa shape index (κ3) is 3.56. The van der Waals surface area contributed by atoms with E-state index in [9.17, 15) is 15.0 Å². The molecule has 7 heteroatoms. The number of rotatable bonds is 4. The predicted octanol–water partition coefficient (Wildman–Crippen LogP) is -0.0359. The fourth-order valence-electron chi connectivity index (χ4n) is 1.16. The van der Waals surface area contributed by atoms with Crippen LogP contribution in [0, 0.1) is 0 Å². The van der Waals surface area contributed by atoms with Gasteiger partial charge in [-0.15, -0.1) is 0 Å². The molecule has 0 aliphatic rings. The van der Waals surface area contributed by atoms with Gasteiger partial charge in [-0.2, -0.15) is 0 Å². The summed E-state index contributed by atoms with van der Waals surface area (Å²) in [5, 5.41) is 32.0. The van der Waals surface area contributed by atoms with Crippen molar-refractivity contribution in [3.05, 3.63) is 23.8 Å². The Hall–Kier alpha value is -2.44. The SMILES string of the molecule is N/C(CCNC(=O)c1cc(O)ccc1O)=N/O. The molecule has 0 atom stereocenters. The van der Waals surface area contributed by atoms with Crippen molar-refractivity contribution in [2.24, 2.45) is 10.9 Å². The standard InChI is InChI=1S/C10H13N3O4/c11-9(13-17)3-4-12-10(16)7-5-6(14)1-2-8(7)15/h1-2,5,14-15,17H,3-4H2,(H2,11,13)(H,12,16). The van der Waals surface area contributed by atoms with Gasteiger partial charge in [0.05, 0.1) is 5.56 Å². The Labute approximate surface area is 97.2 Å². The molecule has 6 N–H and O–H groups in total. The van der Waals surface area contributed by atoms with Crippen molar-refractivity contribution in [1.82, 2.24) is 5.32 Å². The number of phenolic OH excluding ortho intramolecular Hbond substituents is 2. The second-order valence-electron chi connectivity index (χ2n) is 3.30. The van der Waals surface area contributed by atoms with E-state index in [1.54, 1.807) is 0 Å². The molecular weight excluding hydrogens is 226 g/mol. The average Bonchev–Trinajstić information content (AvgIpc) is 2.31. The molecule has 92 valence electrons. The number of phenols is 2. The summed E-state index contributed by atoms with van der Waals surface area (Å²) in [6, 6.07) is 3.63. The quantitative estimate of drug-likeness (QED) is 0.166. The van der Waals surface area contributed by atoms with Crippen LogP contribution in [0.2, 0.25) is 0 Å². The molecule has 17 heavy (non-hydrogen) atoms. The van der Waals surface area contributed by atoms with Crippen LogP contribution in [0.3, 0.4) is 0 Å². The highest BCUT2D eigenvalue weighted by Crippen LogP contribution is 2.21. The predicted molar refractivity (Wildman–Crippen MR) is 60.1 cm³/mol. The summed E-state index contributed by atoms with van der Waals surface area (Å²) in [7, 11) is 0. The number of hydrogen-bond acceptors (Lipinski definition) is 5. The summed E-state index contributed by atoms with van der Waals surface area (Å²) >= 11 is 0. The van der Waals surface area contributed by atoms with E-state index in [0.717, 1.165) is 6.07 Å². The zero-order valence-corrected chi connectivity index (χ0v) is 8.92. The minimum Gasteiger partial charge on any atom is -0.508 e. The molecule has 1 rings (SSSR count). The molecule has 0 heterocycles. The zero-order chi connectivity index (χ0) is 12.8. The van der Waals surface area contributed by atoms with Crippen LogP contribution in [0.15, 0.2) is 23.4 Å². The van der Waals surface area contributed by atoms with Crippen molar-refractivity contribution in [2.75, 3.05) is 6.54 Å². The highest BCUT2D eigenvalue weighted by molar-refractivity contribution is 5.97. The number of amidine groups is 1. The lowest BCUT2D eigenvalue weighted by atomic mass is 10.1. The van der Waals surface area contributed by atoms with Crippen molar-refractivity contribution in [3.63, 3.8) is 0 Å². The van der Waals surface area contributed by atoms with Crippen LogP contribution in [0.5, 0.6) is 11.5 Å². The second-order valence-corrected chi connectivity index (χ2v) is 3.30. The summed E-state index contributed by atoms with van der Waals surface area (Å²) in [4.78, 5) is 11.6. The second kappa shape index (κ2) is 5.59. The summed E-state index contributed by atoms with van der Waals surface area (Å²) in [5.41, 5.74) is 5.17. The highest BCUT2D eigenvalue weighted by Gasteiger charge is 2.11. The molecule has 7 nitrogen and oxygen atoms in total. The number of nitrogens with two attached hydrogens (primary N) is 1. The molecule has 0 unspecified atom stereocenters. The van der Waals surface area contributed by atoms with Crippen LogP contribution in [0.1, 0.15) is 16.8 Å². The van der Waals surface area contributed by atoms with E-state index in [4.69, 9.17) is 10.9 Å². The molecule has 1 aromatic carbocycles. The first-order valence-electron chi connectivity index (χ1n) is 4.81. The van der Waals surface area contributed by atoms with Crippen LogP contribution in [-0.2, 0) is 0 Å². The normalized spacial score (nSPS) is 11.2. The number of aromatic hydroxyl groups is 2. The first-order chi connectivity index (χ1) is 8.04. The Morgan fingerprint density at radius 1 is 1.41 bits per heavy atom. The molecule has 0 fully saturated rings. The van der Waals surface area contributed by atoms with Gasteiger partial charge in [0, 0.05) is 13.0 Å². The van der Waals surface area contributed by atoms with E-state index in [2.05, 4.69) is 10.5 Å². The summed E-state index contributed by atoms with van der Waals surface area (Å²) in [5.74, 6) is -0.914. The lowest BCUT2D eigenvalue weighted by molar-refractivity contribution is 0.0951. The van der Waals surface area contributed by atoms with Gasteiger partial charge in [0.15, 0.2) is 0 Å². The Balaban J connectivity index is 2.61. The average molecular weight is 239 g/mol. The third-order valence-corrected chi connectivity index (χ3v) is 2.02. The van der Waals surface area contributed by atoms with Crippen LogP contribution in [0.25, 0.3) is 0 Å². The molecule has 1 aromatic rings. The van der Waals surface area contributed by atoms with Gasteiger partial charge in [-0.1, -0.05) is 5.16 Å². The Morgan fingerprint density at radius 3 is 2.76 bits per heavy atom. The van der Waals surface area contributed by atoms with Gasteiger partial charge in [0.1, 0.15) is 17.3 Å². The fourth-order valence-corrected chi connectivity index (χ4v) is 1.16. The van der Waals surface area contributed by atoms with Gasteiger partial charge in [-0.25, -0.2) is 0 Å². The first-order valence-corrected chi connectivity index (χ1v) is 4.81. The largest absolute Gasteiger partial charge is 0.508 e. The summed E-state index contributed by atoms with van der Waals surface area (Å²) < 4.78 is 0. The summed E-state index contributed by atoms with van der Waals surface area (Å²) in [6.07, 6.45) is 0.182. The number of carbonyl (C=O) groups is 1. The van der Waals surface area contributed by atoms with Crippen LogP contribution in [-0.4, -0.2) is 33.7 Å². The smallest absolute Gasteiger partial charge is 0.255 e. The number of nitrogens with zero attached hydrogens (tertiary/aromatic N) is 1. The maximum atomic E-state index is 11.6. The number of amides is 1. The molecule has 0 saturated carbocycles. The molecule has 0 spiro atoms. The van der Waals surface area contributed by atoms with Gasteiger partial charge < -0.3 is 26.5 Å². The van der Waals surface area contributed by atoms with E-state index in [0.29, 0.717) is 0 Å². The van der Waals surface area contributed by atoms with Crippen molar-refractivity contribution >= 4 is 11.7 Å². The van der Waals surface area contributed by atoms with Gasteiger partial charge in [0.25, 0.3) is 5.91 Å². The Bertz CT molecular complexity index is 445. The molecule has 0 aliphatic carbocycles. The van der Waals surface area contributed by atoms with Crippen molar-refractivity contribution in [1.29, 1.82) is 0 Å². The fraction of sp³-hybridized carbons (Fsp3) is 0.200. The van der Waals surface area contributed by atoms with Crippen LogP contribution < -0.4 is 11.1 Å². The number of benzene rings is 1. The van der Waals surface area contributed by atoms with Gasteiger partial charge in [-0.05, 0) is 18.2 Å². The maximum Gasteiger partial charge on any atom is 0.255 e. The first kappa shape index (κ1) is 12.6. The zero-order valence-electron chi connectivity index (χ0n) is 8.92. The Kier molecular flexibility index (Phi) is 4.15. The number of oxime groups is 1. The lowest BCUT2D eigenvalue weighted by Crippen LogP contribution is -2.28. The van der Waals surface area contributed by atoms with Crippen LogP contribution >= 0.6 is 0 Å². The molecule has 1 amide bonds. The van der Waals surface area contributed by atoms with Gasteiger partial charge in [0.2, 0.25) is 0 Å². The number of nitrogens with one attached hydrogen (secondary N) is 1. The Morgan fingerprint density at radius 2 is 2.12 bits per heavy atom. The van der Waals surface area contributed by atoms with E-state index in [1.165, 1.54) is 12.1 Å². The maximum absolute atomic E-state index is 11.6. The van der Waals surface area contributed by atoms with Gasteiger partial charge in [-0.3, -0.25) is 4.79 Å². The van der Waals surface area contributed by atoms with Gasteiger partial charge >= 0.3 is 0 Å².